The van der Waals surface area contributed by atoms with Gasteiger partial charge in [0.1, 0.15) is 0 Å². The molecule has 16 heavy (non-hydrogen) atoms. The van der Waals surface area contributed by atoms with Gasteiger partial charge in [0.2, 0.25) is 0 Å². The fourth-order valence-electron chi connectivity index (χ4n) is 1.84. The van der Waals surface area contributed by atoms with Gasteiger partial charge in [-0.25, -0.2) is 0 Å². The van der Waals surface area contributed by atoms with Gasteiger partial charge in [-0.05, 0) is 17.9 Å². The molecule has 1 aromatic rings. The topological polar surface area (TPSA) is 69.4 Å². The quantitative estimate of drug-likeness (QED) is 0.444. The Balaban J connectivity index is 2.15. The summed E-state index contributed by atoms with van der Waals surface area (Å²) < 4.78 is 4.63. The van der Waals surface area contributed by atoms with E-state index in [1.807, 2.05) is 0 Å². The highest BCUT2D eigenvalue weighted by Gasteiger charge is 2.45. The molecule has 0 amide bonds. The molecule has 2 unspecified atom stereocenters. The lowest BCUT2D eigenvalue weighted by Gasteiger charge is -1.99. The van der Waals surface area contributed by atoms with E-state index in [-0.39, 0.29) is 23.5 Å². The fourth-order valence-corrected chi connectivity index (χ4v) is 1.84. The standard InChI is InChI=1S/C11H11NO4/c1-16-11(13)10-6-9(10)7-3-2-4-8(5-7)12(14)15/h2-5,9-10H,6H2,1H3. The molecule has 1 aromatic carbocycles. The number of methoxy groups -OCH3 is 1. The Morgan fingerprint density at radius 3 is 2.94 bits per heavy atom. The van der Waals surface area contributed by atoms with Crippen molar-refractivity contribution in [3.8, 4) is 0 Å². The maximum absolute atomic E-state index is 11.2. The number of esters is 1. The minimum Gasteiger partial charge on any atom is -0.469 e. The van der Waals surface area contributed by atoms with Gasteiger partial charge in [-0.1, -0.05) is 12.1 Å². The molecule has 5 heteroatoms. The first-order valence-corrected chi connectivity index (χ1v) is 4.95. The summed E-state index contributed by atoms with van der Waals surface area (Å²) >= 11 is 0. The molecule has 1 fully saturated rings. The zero-order chi connectivity index (χ0) is 11.7. The smallest absolute Gasteiger partial charge is 0.309 e. The third-order valence-electron chi connectivity index (χ3n) is 2.80. The minimum atomic E-state index is -0.432. The van der Waals surface area contributed by atoms with Gasteiger partial charge in [0.05, 0.1) is 18.0 Å². The molecule has 1 saturated carbocycles. The van der Waals surface area contributed by atoms with Crippen LogP contribution >= 0.6 is 0 Å². The summed E-state index contributed by atoms with van der Waals surface area (Å²) in [4.78, 5) is 21.4. The van der Waals surface area contributed by atoms with Gasteiger partial charge in [0.25, 0.3) is 5.69 Å². The summed E-state index contributed by atoms with van der Waals surface area (Å²) in [6, 6.07) is 6.41. The fraction of sp³-hybridized carbons (Fsp3) is 0.364. The maximum Gasteiger partial charge on any atom is 0.309 e. The molecule has 2 rings (SSSR count). The molecule has 0 N–H and O–H groups in total. The van der Waals surface area contributed by atoms with E-state index >= 15 is 0 Å². The molecular weight excluding hydrogens is 210 g/mol. The van der Waals surface area contributed by atoms with E-state index in [2.05, 4.69) is 4.74 Å². The summed E-state index contributed by atoms with van der Waals surface area (Å²) in [6.45, 7) is 0. The van der Waals surface area contributed by atoms with Gasteiger partial charge in [-0.3, -0.25) is 14.9 Å². The van der Waals surface area contributed by atoms with E-state index < -0.39 is 4.92 Å². The van der Waals surface area contributed by atoms with Gasteiger partial charge in [0.15, 0.2) is 0 Å². The van der Waals surface area contributed by atoms with Gasteiger partial charge in [-0.15, -0.1) is 0 Å². The van der Waals surface area contributed by atoms with E-state index in [0.29, 0.717) is 6.42 Å². The normalized spacial score (nSPS) is 22.6. The Bertz CT molecular complexity index is 443. The molecular formula is C11H11NO4. The predicted octanol–water partition coefficient (Wildman–Crippen LogP) is 1.87. The number of hydrogen-bond donors (Lipinski definition) is 0. The number of benzene rings is 1. The summed E-state index contributed by atoms with van der Waals surface area (Å²) in [5.41, 5.74) is 0.901. The number of hydrogen-bond acceptors (Lipinski definition) is 4. The lowest BCUT2D eigenvalue weighted by Crippen LogP contribution is -2.03. The Morgan fingerprint density at radius 2 is 2.31 bits per heavy atom. The third-order valence-corrected chi connectivity index (χ3v) is 2.80. The number of rotatable bonds is 3. The molecule has 0 aromatic heterocycles. The van der Waals surface area contributed by atoms with Crippen molar-refractivity contribution in [2.24, 2.45) is 5.92 Å². The number of carbonyl (C=O) groups is 1. The van der Waals surface area contributed by atoms with Gasteiger partial charge in [-0.2, -0.15) is 0 Å². The highest BCUT2D eigenvalue weighted by Crippen LogP contribution is 2.48. The van der Waals surface area contributed by atoms with Crippen molar-refractivity contribution in [1.29, 1.82) is 0 Å². The molecule has 2 atom stereocenters. The van der Waals surface area contributed by atoms with Crippen LogP contribution < -0.4 is 0 Å². The van der Waals surface area contributed by atoms with Crippen LogP contribution in [0.3, 0.4) is 0 Å². The molecule has 84 valence electrons. The van der Waals surface area contributed by atoms with E-state index in [0.717, 1.165) is 5.56 Å². The average Bonchev–Trinajstić information content (AvgIpc) is 3.08. The van der Waals surface area contributed by atoms with Crippen molar-refractivity contribution in [3.05, 3.63) is 39.9 Å². The van der Waals surface area contributed by atoms with Gasteiger partial charge in [0, 0.05) is 12.1 Å². The van der Waals surface area contributed by atoms with Crippen molar-refractivity contribution in [2.45, 2.75) is 12.3 Å². The van der Waals surface area contributed by atoms with Crippen LogP contribution in [0.2, 0.25) is 0 Å². The molecule has 0 spiro atoms. The molecule has 1 aliphatic carbocycles. The third kappa shape index (κ3) is 1.88. The summed E-state index contributed by atoms with van der Waals surface area (Å²) in [5.74, 6) is -0.295. The van der Waals surface area contributed by atoms with Crippen LogP contribution in [0.4, 0.5) is 5.69 Å². The Morgan fingerprint density at radius 1 is 1.56 bits per heavy atom. The van der Waals surface area contributed by atoms with Crippen LogP contribution in [0.5, 0.6) is 0 Å². The lowest BCUT2D eigenvalue weighted by atomic mass is 10.1. The van der Waals surface area contributed by atoms with Crippen molar-refractivity contribution in [3.63, 3.8) is 0 Å². The SMILES string of the molecule is COC(=O)C1CC1c1cccc([N+](=O)[O-])c1. The molecule has 5 nitrogen and oxygen atoms in total. The highest BCUT2D eigenvalue weighted by atomic mass is 16.6. The van der Waals surface area contributed by atoms with Crippen molar-refractivity contribution < 1.29 is 14.5 Å². The number of carbonyl (C=O) groups excluding carboxylic acids is 1. The van der Waals surface area contributed by atoms with Crippen LogP contribution in [-0.2, 0) is 9.53 Å². The number of non-ortho nitro benzene ring substituents is 1. The predicted molar refractivity (Wildman–Crippen MR) is 56.0 cm³/mol. The molecule has 0 aliphatic heterocycles. The van der Waals surface area contributed by atoms with Crippen LogP contribution in [0.25, 0.3) is 0 Å². The molecule has 0 heterocycles. The van der Waals surface area contributed by atoms with Crippen molar-refractivity contribution in [2.75, 3.05) is 7.11 Å². The lowest BCUT2D eigenvalue weighted by molar-refractivity contribution is -0.384. The first-order valence-electron chi connectivity index (χ1n) is 4.95. The largest absolute Gasteiger partial charge is 0.469 e. The molecule has 0 bridgehead atoms. The zero-order valence-electron chi connectivity index (χ0n) is 8.75. The van der Waals surface area contributed by atoms with E-state index in [9.17, 15) is 14.9 Å². The number of nitro groups is 1. The number of nitro benzene ring substituents is 1. The van der Waals surface area contributed by atoms with E-state index in [1.54, 1.807) is 12.1 Å². The second-order valence-electron chi connectivity index (χ2n) is 3.82. The van der Waals surface area contributed by atoms with E-state index in [4.69, 9.17) is 0 Å². The second kappa shape index (κ2) is 3.92. The van der Waals surface area contributed by atoms with Gasteiger partial charge < -0.3 is 4.74 Å². The molecule has 0 radical (unpaired) electrons. The minimum absolute atomic E-state index is 0.0630. The van der Waals surface area contributed by atoms with Crippen LogP contribution in [0.15, 0.2) is 24.3 Å². The molecule has 0 saturated heterocycles. The maximum atomic E-state index is 11.2. The van der Waals surface area contributed by atoms with Crippen molar-refractivity contribution >= 4 is 11.7 Å². The van der Waals surface area contributed by atoms with Crippen molar-refractivity contribution in [1.82, 2.24) is 0 Å². The zero-order valence-corrected chi connectivity index (χ0v) is 8.75. The summed E-state index contributed by atoms with van der Waals surface area (Å²) in [7, 11) is 1.35. The number of ether oxygens (including phenoxy) is 1. The second-order valence-corrected chi connectivity index (χ2v) is 3.82. The van der Waals surface area contributed by atoms with Crippen LogP contribution in [-0.4, -0.2) is 18.0 Å². The van der Waals surface area contributed by atoms with Crippen LogP contribution in [0.1, 0.15) is 17.9 Å². The first-order chi connectivity index (χ1) is 7.63. The van der Waals surface area contributed by atoms with Gasteiger partial charge >= 0.3 is 5.97 Å². The molecule has 1 aliphatic rings. The Labute approximate surface area is 92.2 Å². The van der Waals surface area contributed by atoms with Crippen LogP contribution in [0, 0.1) is 16.0 Å². The number of nitrogens with zero attached hydrogens (tertiary/aromatic N) is 1. The monoisotopic (exact) mass is 221 g/mol. The first kappa shape index (κ1) is 10.6. The Hall–Kier alpha value is -1.91. The van der Waals surface area contributed by atoms with E-state index in [1.165, 1.54) is 19.2 Å². The summed E-state index contributed by atoms with van der Waals surface area (Å²) in [6.07, 6.45) is 0.716. The average molecular weight is 221 g/mol. The Kier molecular flexibility index (Phi) is 2.60. The summed E-state index contributed by atoms with van der Waals surface area (Å²) in [5, 5.41) is 10.6. The highest BCUT2D eigenvalue weighted by molar-refractivity contribution is 5.77.